The summed E-state index contributed by atoms with van der Waals surface area (Å²) in [5, 5.41) is 0. The van der Waals surface area contributed by atoms with Crippen molar-refractivity contribution < 1.29 is 125 Å². The van der Waals surface area contributed by atoms with Crippen molar-refractivity contribution >= 4 is 11.9 Å². The molecular formula is C21H43K2NO4. The minimum absolute atomic E-state index is 0. The van der Waals surface area contributed by atoms with E-state index in [0.717, 1.165) is 25.7 Å². The molecule has 5 nitrogen and oxygen atoms in total. The summed E-state index contributed by atoms with van der Waals surface area (Å²) in [6.45, 7) is 5.26. The fourth-order valence-corrected chi connectivity index (χ4v) is 2.69. The minimum Gasteiger partial charge on any atom is -1.00 e. The van der Waals surface area contributed by atoms with E-state index in [1.165, 1.54) is 51.4 Å². The number of carbonyl (C=O) groups excluding carboxylic acids is 2. The topological polar surface area (TPSA) is 78.6 Å². The zero-order valence-corrected chi connectivity index (χ0v) is 25.3. The van der Waals surface area contributed by atoms with E-state index in [4.69, 9.17) is 15.2 Å². The first-order valence-corrected chi connectivity index (χ1v) is 10.7. The molecule has 2 N–H and O–H groups in total. The Hall–Kier alpha value is 2.17. The summed E-state index contributed by atoms with van der Waals surface area (Å²) in [5.41, 5.74) is 5.79. The van der Waals surface area contributed by atoms with E-state index in [1.807, 2.05) is 0 Å². The number of hydrogen-bond donors (Lipinski definition) is 1. The van der Waals surface area contributed by atoms with Gasteiger partial charge in [-0.1, -0.05) is 78.1 Å². The summed E-state index contributed by atoms with van der Waals surface area (Å²) in [6, 6.07) is -0.739. The monoisotopic (exact) mass is 451 g/mol. The van der Waals surface area contributed by atoms with Crippen LogP contribution in [-0.2, 0) is 19.1 Å². The summed E-state index contributed by atoms with van der Waals surface area (Å²) >= 11 is 0. The Labute approximate surface area is 261 Å². The first-order chi connectivity index (χ1) is 12.6. The molecule has 0 unspecified atom stereocenters. The van der Waals surface area contributed by atoms with Crippen molar-refractivity contribution in [2.45, 2.75) is 110 Å². The van der Waals surface area contributed by atoms with Crippen molar-refractivity contribution in [1.29, 1.82) is 0 Å². The molecule has 7 heteroatoms. The van der Waals surface area contributed by atoms with Crippen LogP contribution in [0.15, 0.2) is 0 Å². The van der Waals surface area contributed by atoms with Crippen LogP contribution in [0.2, 0.25) is 0 Å². The predicted molar refractivity (Wildman–Crippen MR) is 108 cm³/mol. The molecule has 0 saturated heterocycles. The van der Waals surface area contributed by atoms with Crippen LogP contribution in [-0.4, -0.2) is 31.2 Å². The Bertz CT molecular complexity index is 368. The van der Waals surface area contributed by atoms with Gasteiger partial charge in [-0.2, -0.15) is 0 Å². The number of nitrogens with two attached hydrogens (primary N) is 1. The molecule has 1 atom stereocenters. The molecule has 0 aromatic rings. The van der Waals surface area contributed by atoms with Gasteiger partial charge in [0.1, 0.15) is 6.04 Å². The zero-order valence-electron chi connectivity index (χ0n) is 21.1. The maximum absolute atomic E-state index is 11.8. The second-order valence-electron chi connectivity index (χ2n) is 7.07. The Morgan fingerprint density at radius 1 is 0.750 bits per heavy atom. The summed E-state index contributed by atoms with van der Waals surface area (Å²) < 4.78 is 10.3. The summed E-state index contributed by atoms with van der Waals surface area (Å²) in [6.07, 6.45) is 14.3. The van der Waals surface area contributed by atoms with Crippen LogP contribution in [0.5, 0.6) is 0 Å². The standard InChI is InChI=1S/C21H41NO4.2K.2H/c1-3-5-7-9-11-13-17-25-20(23)16-15-19(22)21(24)26-18-14-12-10-8-6-4-2;;;;/h19H,3-18,22H2,1-2H3;;;;/q;2*+1;2*-1/t19-;;;;/m0..../s1. The average Bonchev–Trinajstić information content (AvgIpc) is 2.64. The zero-order chi connectivity index (χ0) is 19.5. The van der Waals surface area contributed by atoms with E-state index in [2.05, 4.69) is 13.8 Å². The second kappa shape index (κ2) is 27.2. The third-order valence-corrected chi connectivity index (χ3v) is 4.47. The molecule has 0 rings (SSSR count). The van der Waals surface area contributed by atoms with E-state index in [1.54, 1.807) is 0 Å². The van der Waals surface area contributed by atoms with Crippen molar-refractivity contribution in [3.05, 3.63) is 0 Å². The van der Waals surface area contributed by atoms with Gasteiger partial charge < -0.3 is 18.1 Å². The maximum Gasteiger partial charge on any atom is 1.00 e. The molecule has 0 heterocycles. The van der Waals surface area contributed by atoms with Crippen LogP contribution in [0.4, 0.5) is 0 Å². The molecule has 0 spiro atoms. The Balaban J connectivity index is -0.000000521. The molecule has 0 amide bonds. The second-order valence-corrected chi connectivity index (χ2v) is 7.07. The molecule has 0 radical (unpaired) electrons. The van der Waals surface area contributed by atoms with Crippen molar-refractivity contribution in [3.8, 4) is 0 Å². The normalized spacial score (nSPS) is 11.1. The summed E-state index contributed by atoms with van der Waals surface area (Å²) in [7, 11) is 0. The molecule has 0 bridgehead atoms. The van der Waals surface area contributed by atoms with Gasteiger partial charge in [-0.3, -0.25) is 9.59 Å². The van der Waals surface area contributed by atoms with Gasteiger partial charge in [0.2, 0.25) is 0 Å². The molecule has 0 aliphatic carbocycles. The van der Waals surface area contributed by atoms with Gasteiger partial charge in [0.25, 0.3) is 0 Å². The average molecular weight is 452 g/mol. The molecule has 0 aromatic carbocycles. The first-order valence-electron chi connectivity index (χ1n) is 10.7. The maximum atomic E-state index is 11.8. The van der Waals surface area contributed by atoms with E-state index < -0.39 is 12.0 Å². The number of carbonyl (C=O) groups is 2. The van der Waals surface area contributed by atoms with Crippen LogP contribution in [0.25, 0.3) is 0 Å². The Kier molecular flexibility index (Phi) is 33.8. The quantitative estimate of drug-likeness (QED) is 0.167. The molecule has 158 valence electrons. The molecule has 28 heavy (non-hydrogen) atoms. The number of rotatable bonds is 18. The van der Waals surface area contributed by atoms with Gasteiger partial charge in [-0.15, -0.1) is 0 Å². The van der Waals surface area contributed by atoms with E-state index in [0.29, 0.717) is 13.2 Å². The van der Waals surface area contributed by atoms with Gasteiger partial charge in [0.15, 0.2) is 0 Å². The van der Waals surface area contributed by atoms with Gasteiger partial charge in [-0.05, 0) is 19.3 Å². The van der Waals surface area contributed by atoms with Gasteiger partial charge in [0, 0.05) is 6.42 Å². The van der Waals surface area contributed by atoms with E-state index in [-0.39, 0.29) is 124 Å². The van der Waals surface area contributed by atoms with Crippen molar-refractivity contribution in [3.63, 3.8) is 0 Å². The minimum atomic E-state index is -0.739. The molecule has 0 aromatic heterocycles. The van der Waals surface area contributed by atoms with Crippen LogP contribution in [0.3, 0.4) is 0 Å². The third kappa shape index (κ3) is 24.4. The first kappa shape index (κ1) is 34.8. The van der Waals surface area contributed by atoms with Gasteiger partial charge >= 0.3 is 115 Å². The van der Waals surface area contributed by atoms with Crippen molar-refractivity contribution in [1.82, 2.24) is 0 Å². The summed E-state index contributed by atoms with van der Waals surface area (Å²) in [5.74, 6) is -0.694. The fourth-order valence-electron chi connectivity index (χ4n) is 2.69. The molecule has 0 aliphatic heterocycles. The third-order valence-electron chi connectivity index (χ3n) is 4.47. The van der Waals surface area contributed by atoms with Crippen LogP contribution < -0.4 is 109 Å². The summed E-state index contributed by atoms with van der Waals surface area (Å²) in [4.78, 5) is 23.4. The van der Waals surface area contributed by atoms with E-state index in [9.17, 15) is 9.59 Å². The molecular weight excluding hydrogens is 408 g/mol. The van der Waals surface area contributed by atoms with Gasteiger partial charge in [-0.25, -0.2) is 0 Å². The van der Waals surface area contributed by atoms with Crippen LogP contribution in [0.1, 0.15) is 107 Å². The Morgan fingerprint density at radius 3 is 1.68 bits per heavy atom. The number of esters is 2. The number of unbranched alkanes of at least 4 members (excludes halogenated alkanes) is 10. The van der Waals surface area contributed by atoms with Crippen molar-refractivity contribution in [2.75, 3.05) is 13.2 Å². The number of hydrogen-bond acceptors (Lipinski definition) is 5. The fraction of sp³-hybridized carbons (Fsp3) is 0.905. The Morgan fingerprint density at radius 2 is 1.18 bits per heavy atom. The smallest absolute Gasteiger partial charge is 1.00 e. The van der Waals surface area contributed by atoms with E-state index >= 15 is 0 Å². The SMILES string of the molecule is CCCCCCCCOC(=O)CC[C@H](N)C(=O)OCCCCCCCC.[H-].[H-].[K+].[K+]. The van der Waals surface area contributed by atoms with Crippen LogP contribution in [0, 0.1) is 0 Å². The molecule has 0 fully saturated rings. The molecule has 0 aliphatic rings. The van der Waals surface area contributed by atoms with Crippen LogP contribution >= 0.6 is 0 Å². The van der Waals surface area contributed by atoms with Gasteiger partial charge in [0.05, 0.1) is 13.2 Å². The predicted octanol–water partition coefficient (Wildman–Crippen LogP) is -0.866. The molecule has 0 saturated carbocycles. The largest absolute Gasteiger partial charge is 1.00 e. The number of ether oxygens (including phenoxy) is 2. The van der Waals surface area contributed by atoms with Crippen molar-refractivity contribution in [2.24, 2.45) is 5.73 Å².